The zero-order chi connectivity index (χ0) is 20.9. The van der Waals surface area contributed by atoms with E-state index in [-0.39, 0.29) is 37.0 Å². The van der Waals surface area contributed by atoms with Gasteiger partial charge in [0.2, 0.25) is 0 Å². The SMILES string of the molecule is Cl.Fc1ccccc1-c1nnn2c1CO[C@@H]1CN(Cc3ccc(C(F)(F)F)nc3)C[C@H]12. The van der Waals surface area contributed by atoms with Crippen molar-refractivity contribution in [3.63, 3.8) is 0 Å². The van der Waals surface area contributed by atoms with Crippen LogP contribution < -0.4 is 0 Å². The summed E-state index contributed by atoms with van der Waals surface area (Å²) in [6.45, 7) is 1.93. The van der Waals surface area contributed by atoms with Gasteiger partial charge in [-0.1, -0.05) is 23.4 Å². The predicted octanol–water partition coefficient (Wildman–Crippen LogP) is 3.88. The molecule has 2 atom stereocenters. The van der Waals surface area contributed by atoms with Crippen molar-refractivity contribution in [1.82, 2.24) is 24.9 Å². The monoisotopic (exact) mass is 455 g/mol. The van der Waals surface area contributed by atoms with Crippen LogP contribution in [-0.4, -0.2) is 44.1 Å². The van der Waals surface area contributed by atoms with Gasteiger partial charge in [-0.15, -0.1) is 17.5 Å². The maximum Gasteiger partial charge on any atom is 0.433 e. The summed E-state index contributed by atoms with van der Waals surface area (Å²) in [6.07, 6.45) is -3.31. The first-order valence-electron chi connectivity index (χ1n) is 9.45. The third-order valence-electron chi connectivity index (χ3n) is 5.50. The molecule has 0 aliphatic carbocycles. The summed E-state index contributed by atoms with van der Waals surface area (Å²) in [5, 5.41) is 8.44. The van der Waals surface area contributed by atoms with Crippen molar-refractivity contribution >= 4 is 12.4 Å². The zero-order valence-electron chi connectivity index (χ0n) is 16.1. The van der Waals surface area contributed by atoms with Crippen LogP contribution in [0.1, 0.15) is 23.0 Å². The molecule has 164 valence electrons. The summed E-state index contributed by atoms with van der Waals surface area (Å²) in [5.41, 5.74) is 1.35. The molecule has 31 heavy (non-hydrogen) atoms. The second-order valence-corrected chi connectivity index (χ2v) is 7.47. The van der Waals surface area contributed by atoms with Crippen LogP contribution in [-0.2, 0) is 24.1 Å². The first-order chi connectivity index (χ1) is 14.4. The number of aromatic nitrogens is 4. The average Bonchev–Trinajstić information content (AvgIpc) is 3.31. The van der Waals surface area contributed by atoms with E-state index in [0.29, 0.717) is 36.5 Å². The van der Waals surface area contributed by atoms with Gasteiger partial charge in [-0.25, -0.2) is 9.07 Å². The Morgan fingerprint density at radius 3 is 2.61 bits per heavy atom. The molecule has 11 heteroatoms. The number of benzene rings is 1. The number of nitrogens with zero attached hydrogens (tertiary/aromatic N) is 5. The number of likely N-dealkylation sites (tertiary alicyclic amines) is 1. The van der Waals surface area contributed by atoms with Gasteiger partial charge in [0.25, 0.3) is 0 Å². The molecule has 6 nitrogen and oxygen atoms in total. The van der Waals surface area contributed by atoms with Gasteiger partial charge in [0.05, 0.1) is 24.4 Å². The number of hydrogen-bond donors (Lipinski definition) is 0. The molecule has 0 unspecified atom stereocenters. The molecular formula is C20H18ClF4N5O. The van der Waals surface area contributed by atoms with E-state index < -0.39 is 11.9 Å². The van der Waals surface area contributed by atoms with Crippen LogP contribution in [0.25, 0.3) is 11.3 Å². The minimum absolute atomic E-state index is 0. The Hall–Kier alpha value is -2.56. The van der Waals surface area contributed by atoms with E-state index in [2.05, 4.69) is 20.2 Å². The van der Waals surface area contributed by atoms with Crippen LogP contribution in [0.2, 0.25) is 0 Å². The largest absolute Gasteiger partial charge is 0.433 e. The highest BCUT2D eigenvalue weighted by molar-refractivity contribution is 5.85. The van der Waals surface area contributed by atoms with E-state index in [1.165, 1.54) is 18.3 Å². The zero-order valence-corrected chi connectivity index (χ0v) is 16.9. The van der Waals surface area contributed by atoms with E-state index in [1.807, 2.05) is 0 Å². The average molecular weight is 456 g/mol. The molecule has 2 aliphatic heterocycles. The third kappa shape index (κ3) is 4.02. The molecular weight excluding hydrogens is 438 g/mol. The van der Waals surface area contributed by atoms with Crippen LogP contribution >= 0.6 is 12.4 Å². The van der Waals surface area contributed by atoms with Gasteiger partial charge in [-0.3, -0.25) is 9.88 Å². The van der Waals surface area contributed by atoms with Gasteiger partial charge < -0.3 is 4.74 Å². The number of halogens is 5. The number of alkyl halides is 3. The van der Waals surface area contributed by atoms with E-state index in [1.54, 1.807) is 22.9 Å². The third-order valence-corrected chi connectivity index (χ3v) is 5.50. The van der Waals surface area contributed by atoms with E-state index in [9.17, 15) is 17.6 Å². The normalized spacial score (nSPS) is 20.8. The molecule has 0 N–H and O–H groups in total. The summed E-state index contributed by atoms with van der Waals surface area (Å²) in [5.74, 6) is -0.370. The highest BCUT2D eigenvalue weighted by Gasteiger charge is 2.41. The maximum atomic E-state index is 14.2. The van der Waals surface area contributed by atoms with Crippen molar-refractivity contribution < 1.29 is 22.3 Å². The Bertz CT molecular complexity index is 1070. The lowest BCUT2D eigenvalue weighted by Gasteiger charge is -2.26. The summed E-state index contributed by atoms with van der Waals surface area (Å²) in [6, 6.07) is 8.73. The van der Waals surface area contributed by atoms with Crippen LogP contribution in [0.15, 0.2) is 42.6 Å². The summed E-state index contributed by atoms with van der Waals surface area (Å²) in [4.78, 5) is 5.60. The van der Waals surface area contributed by atoms with Gasteiger partial charge in [0, 0.05) is 31.4 Å². The van der Waals surface area contributed by atoms with Gasteiger partial charge in [-0.2, -0.15) is 13.2 Å². The highest BCUT2D eigenvalue weighted by atomic mass is 35.5. The molecule has 3 aromatic rings. The van der Waals surface area contributed by atoms with Crippen molar-refractivity contribution in [3.05, 3.63) is 65.4 Å². The van der Waals surface area contributed by atoms with Gasteiger partial charge in [0.15, 0.2) is 0 Å². The first kappa shape index (κ1) is 21.7. The number of ether oxygens (including phenoxy) is 1. The minimum Gasteiger partial charge on any atom is -0.368 e. The number of hydrogen-bond acceptors (Lipinski definition) is 5. The van der Waals surface area contributed by atoms with Crippen molar-refractivity contribution in [2.24, 2.45) is 0 Å². The Balaban J connectivity index is 0.00000231. The molecule has 1 fully saturated rings. The lowest BCUT2D eigenvalue weighted by Crippen LogP contribution is -2.32. The lowest BCUT2D eigenvalue weighted by molar-refractivity contribution is -0.141. The summed E-state index contributed by atoms with van der Waals surface area (Å²) in [7, 11) is 0. The number of fused-ring (bicyclic) bond motifs is 3. The number of rotatable bonds is 3. The van der Waals surface area contributed by atoms with Crippen molar-refractivity contribution in [2.75, 3.05) is 13.1 Å². The second kappa shape index (κ2) is 8.18. The molecule has 4 heterocycles. The second-order valence-electron chi connectivity index (χ2n) is 7.47. The molecule has 0 saturated carbocycles. The summed E-state index contributed by atoms with van der Waals surface area (Å²) < 4.78 is 60.0. The fourth-order valence-corrected chi connectivity index (χ4v) is 4.07. The Morgan fingerprint density at radius 2 is 1.90 bits per heavy atom. The Kier molecular flexibility index (Phi) is 5.71. The van der Waals surface area contributed by atoms with Gasteiger partial charge in [-0.05, 0) is 23.8 Å². The van der Waals surface area contributed by atoms with Crippen LogP contribution in [0.4, 0.5) is 17.6 Å². The molecule has 0 bridgehead atoms. The molecule has 5 rings (SSSR count). The van der Waals surface area contributed by atoms with Crippen LogP contribution in [0, 0.1) is 5.82 Å². The molecule has 0 radical (unpaired) electrons. The van der Waals surface area contributed by atoms with Crippen molar-refractivity contribution in [3.8, 4) is 11.3 Å². The van der Waals surface area contributed by atoms with Crippen molar-refractivity contribution in [1.29, 1.82) is 0 Å². The quantitative estimate of drug-likeness (QED) is 0.561. The molecule has 1 saturated heterocycles. The lowest BCUT2D eigenvalue weighted by atomic mass is 10.1. The minimum atomic E-state index is -4.45. The standard InChI is InChI=1S/C20H17F4N5O.ClH/c21-14-4-2-1-3-13(14)19-16-11-30-17-10-28(9-15(17)29(16)27-26-19)8-12-5-6-18(25-7-12)20(22,23)24;/h1-7,15,17H,8-11H2;1H/t15-,17-;/m1./s1. The Labute approximate surface area is 181 Å². The van der Waals surface area contributed by atoms with Crippen LogP contribution in [0.3, 0.4) is 0 Å². The maximum absolute atomic E-state index is 14.2. The topological polar surface area (TPSA) is 56.1 Å². The van der Waals surface area contributed by atoms with E-state index >= 15 is 0 Å². The first-order valence-corrected chi connectivity index (χ1v) is 9.45. The molecule has 2 aromatic heterocycles. The van der Waals surface area contributed by atoms with E-state index in [4.69, 9.17) is 4.74 Å². The fourth-order valence-electron chi connectivity index (χ4n) is 4.07. The number of pyridine rings is 1. The van der Waals surface area contributed by atoms with Crippen molar-refractivity contribution in [2.45, 2.75) is 31.5 Å². The smallest absolute Gasteiger partial charge is 0.368 e. The van der Waals surface area contributed by atoms with Gasteiger partial charge >= 0.3 is 6.18 Å². The molecule has 1 aromatic carbocycles. The molecule has 0 spiro atoms. The van der Waals surface area contributed by atoms with Crippen LogP contribution in [0.5, 0.6) is 0 Å². The predicted molar refractivity (Wildman–Crippen MR) is 105 cm³/mol. The summed E-state index contributed by atoms with van der Waals surface area (Å²) >= 11 is 0. The van der Waals surface area contributed by atoms with Gasteiger partial charge in [0.1, 0.15) is 17.2 Å². The van der Waals surface area contributed by atoms with E-state index in [0.717, 1.165) is 11.8 Å². The fraction of sp³-hybridized carbons (Fsp3) is 0.350. The molecule has 2 aliphatic rings. The molecule has 0 amide bonds. The highest BCUT2D eigenvalue weighted by Crippen LogP contribution is 2.35. The Morgan fingerprint density at radius 1 is 1.10 bits per heavy atom.